The highest BCUT2D eigenvalue weighted by molar-refractivity contribution is 6.02. The molecule has 0 radical (unpaired) electrons. The third-order valence-corrected chi connectivity index (χ3v) is 4.48. The normalized spacial score (nSPS) is 10.3. The highest BCUT2D eigenvalue weighted by atomic mass is 16.5. The lowest BCUT2D eigenvalue weighted by molar-refractivity contribution is 0.0950. The van der Waals surface area contributed by atoms with Gasteiger partial charge < -0.3 is 19.8 Å². The molecule has 154 valence electrons. The lowest BCUT2D eigenvalue weighted by Gasteiger charge is -2.09. The number of rotatable bonds is 7. The third-order valence-electron chi connectivity index (χ3n) is 4.48. The fraction of sp³-hybridized carbons (Fsp3) is 0.0400. The summed E-state index contributed by atoms with van der Waals surface area (Å²) in [5.74, 6) is 1.12. The SMILES string of the molecule is O=C(NCc1cccc(Oc2ccccc2)c1)c1ccc(NC(=O)c2ccco2)cc1. The number of benzene rings is 3. The quantitative estimate of drug-likeness (QED) is 0.434. The molecule has 1 heterocycles. The molecule has 31 heavy (non-hydrogen) atoms. The van der Waals surface area contributed by atoms with Crippen molar-refractivity contribution in [2.75, 3.05) is 5.32 Å². The Labute approximate surface area is 179 Å². The lowest BCUT2D eigenvalue weighted by Crippen LogP contribution is -2.22. The Morgan fingerprint density at radius 2 is 1.55 bits per heavy atom. The Kier molecular flexibility index (Phi) is 6.09. The van der Waals surface area contributed by atoms with E-state index in [0.717, 1.165) is 11.3 Å². The number of hydrogen-bond donors (Lipinski definition) is 2. The van der Waals surface area contributed by atoms with E-state index in [4.69, 9.17) is 9.15 Å². The topological polar surface area (TPSA) is 80.6 Å². The van der Waals surface area contributed by atoms with E-state index in [1.165, 1.54) is 6.26 Å². The number of nitrogens with one attached hydrogen (secondary N) is 2. The van der Waals surface area contributed by atoms with Gasteiger partial charge in [0.25, 0.3) is 11.8 Å². The first-order valence-corrected chi connectivity index (χ1v) is 9.72. The van der Waals surface area contributed by atoms with Gasteiger partial charge in [0.05, 0.1) is 6.26 Å². The molecule has 6 nitrogen and oxygen atoms in total. The molecule has 2 N–H and O–H groups in total. The summed E-state index contributed by atoms with van der Waals surface area (Å²) in [4.78, 5) is 24.5. The van der Waals surface area contributed by atoms with Gasteiger partial charge in [-0.3, -0.25) is 9.59 Å². The van der Waals surface area contributed by atoms with Crippen LogP contribution in [0.25, 0.3) is 0 Å². The number of carbonyl (C=O) groups is 2. The largest absolute Gasteiger partial charge is 0.459 e. The van der Waals surface area contributed by atoms with Crippen molar-refractivity contribution in [2.45, 2.75) is 6.54 Å². The van der Waals surface area contributed by atoms with Crippen LogP contribution >= 0.6 is 0 Å². The molecule has 0 aliphatic heterocycles. The van der Waals surface area contributed by atoms with Gasteiger partial charge in [0.15, 0.2) is 5.76 Å². The second kappa shape index (κ2) is 9.45. The maximum Gasteiger partial charge on any atom is 0.291 e. The first-order chi connectivity index (χ1) is 15.2. The van der Waals surface area contributed by atoms with E-state index in [1.54, 1.807) is 36.4 Å². The van der Waals surface area contributed by atoms with E-state index in [-0.39, 0.29) is 17.6 Å². The van der Waals surface area contributed by atoms with Crippen molar-refractivity contribution in [3.8, 4) is 11.5 Å². The minimum absolute atomic E-state index is 0.210. The molecule has 0 aliphatic rings. The molecule has 0 bridgehead atoms. The van der Waals surface area contributed by atoms with E-state index in [0.29, 0.717) is 23.5 Å². The lowest BCUT2D eigenvalue weighted by atomic mass is 10.1. The predicted octanol–water partition coefficient (Wildman–Crippen LogP) is 5.25. The van der Waals surface area contributed by atoms with Gasteiger partial charge in [0.1, 0.15) is 11.5 Å². The summed E-state index contributed by atoms with van der Waals surface area (Å²) < 4.78 is 10.9. The van der Waals surface area contributed by atoms with Gasteiger partial charge in [-0.15, -0.1) is 0 Å². The maximum atomic E-state index is 12.5. The van der Waals surface area contributed by atoms with Crippen molar-refractivity contribution in [3.63, 3.8) is 0 Å². The van der Waals surface area contributed by atoms with Gasteiger partial charge >= 0.3 is 0 Å². The van der Waals surface area contributed by atoms with Gasteiger partial charge in [-0.05, 0) is 66.2 Å². The Morgan fingerprint density at radius 1 is 0.774 bits per heavy atom. The van der Waals surface area contributed by atoms with Crippen LogP contribution in [-0.2, 0) is 6.54 Å². The average Bonchev–Trinajstić information content (AvgIpc) is 3.34. The summed E-state index contributed by atoms with van der Waals surface area (Å²) in [5.41, 5.74) is 1.99. The molecule has 0 unspecified atom stereocenters. The average molecular weight is 412 g/mol. The van der Waals surface area contributed by atoms with Crippen LogP contribution in [0.4, 0.5) is 5.69 Å². The minimum atomic E-state index is -0.347. The number of amides is 2. The Balaban J connectivity index is 1.32. The number of carbonyl (C=O) groups excluding carboxylic acids is 2. The van der Waals surface area contributed by atoms with E-state index < -0.39 is 0 Å². The van der Waals surface area contributed by atoms with Gasteiger partial charge in [0.2, 0.25) is 0 Å². The van der Waals surface area contributed by atoms with Crippen LogP contribution < -0.4 is 15.4 Å². The van der Waals surface area contributed by atoms with E-state index in [1.807, 2.05) is 54.6 Å². The summed E-state index contributed by atoms with van der Waals surface area (Å²) in [6, 6.07) is 27.0. The number of furan rings is 1. The molecule has 0 aliphatic carbocycles. The first kappa shape index (κ1) is 20.0. The van der Waals surface area contributed by atoms with Crippen molar-refractivity contribution in [3.05, 3.63) is 114 Å². The van der Waals surface area contributed by atoms with Crippen LogP contribution in [0.15, 0.2) is 102 Å². The molecule has 4 rings (SSSR count). The van der Waals surface area contributed by atoms with Crippen LogP contribution in [0, 0.1) is 0 Å². The number of para-hydroxylation sites is 1. The molecule has 0 atom stereocenters. The van der Waals surface area contributed by atoms with Gasteiger partial charge in [-0.2, -0.15) is 0 Å². The first-order valence-electron chi connectivity index (χ1n) is 9.72. The second-order valence-corrected chi connectivity index (χ2v) is 6.75. The molecule has 0 saturated heterocycles. The Hall–Kier alpha value is -4.32. The fourth-order valence-corrected chi connectivity index (χ4v) is 2.93. The highest BCUT2D eigenvalue weighted by Gasteiger charge is 2.10. The summed E-state index contributed by atoms with van der Waals surface area (Å²) in [6.45, 7) is 0.363. The monoisotopic (exact) mass is 412 g/mol. The van der Waals surface area contributed by atoms with Gasteiger partial charge in [-0.25, -0.2) is 0 Å². The number of hydrogen-bond acceptors (Lipinski definition) is 4. The van der Waals surface area contributed by atoms with Crippen molar-refractivity contribution >= 4 is 17.5 Å². The molecule has 0 saturated carbocycles. The van der Waals surface area contributed by atoms with Crippen LogP contribution in [0.1, 0.15) is 26.5 Å². The molecule has 6 heteroatoms. The predicted molar refractivity (Wildman–Crippen MR) is 117 cm³/mol. The van der Waals surface area contributed by atoms with Crippen LogP contribution in [0.3, 0.4) is 0 Å². The van der Waals surface area contributed by atoms with E-state index >= 15 is 0 Å². The van der Waals surface area contributed by atoms with Crippen LogP contribution in [0.2, 0.25) is 0 Å². The standard InChI is InChI=1S/C25H20N2O4/c28-24(19-11-13-20(14-12-19)27-25(29)23-10-5-15-30-23)26-17-18-6-4-9-22(16-18)31-21-7-2-1-3-8-21/h1-16H,17H2,(H,26,28)(H,27,29). The van der Waals surface area contributed by atoms with Gasteiger partial charge in [-0.1, -0.05) is 30.3 Å². The van der Waals surface area contributed by atoms with Crippen molar-refractivity contribution in [1.29, 1.82) is 0 Å². The Morgan fingerprint density at radius 3 is 2.29 bits per heavy atom. The molecule has 0 spiro atoms. The van der Waals surface area contributed by atoms with Crippen molar-refractivity contribution in [2.24, 2.45) is 0 Å². The molecule has 1 aromatic heterocycles. The second-order valence-electron chi connectivity index (χ2n) is 6.75. The van der Waals surface area contributed by atoms with E-state index in [9.17, 15) is 9.59 Å². The van der Waals surface area contributed by atoms with Crippen LogP contribution in [0.5, 0.6) is 11.5 Å². The number of anilines is 1. The van der Waals surface area contributed by atoms with E-state index in [2.05, 4.69) is 10.6 Å². The smallest absolute Gasteiger partial charge is 0.291 e. The molecule has 3 aromatic carbocycles. The summed E-state index contributed by atoms with van der Waals surface area (Å²) in [7, 11) is 0. The zero-order valence-electron chi connectivity index (χ0n) is 16.6. The Bertz CT molecular complexity index is 1150. The molecule has 2 amide bonds. The highest BCUT2D eigenvalue weighted by Crippen LogP contribution is 2.22. The third kappa shape index (κ3) is 5.39. The fourth-order valence-electron chi connectivity index (χ4n) is 2.93. The van der Waals surface area contributed by atoms with Crippen LogP contribution in [-0.4, -0.2) is 11.8 Å². The summed E-state index contributed by atoms with van der Waals surface area (Å²) in [5, 5.41) is 5.61. The summed E-state index contributed by atoms with van der Waals surface area (Å²) in [6.07, 6.45) is 1.44. The van der Waals surface area contributed by atoms with Crippen molar-refractivity contribution < 1.29 is 18.7 Å². The zero-order valence-corrected chi connectivity index (χ0v) is 16.6. The summed E-state index contributed by atoms with van der Waals surface area (Å²) >= 11 is 0. The molecular formula is C25H20N2O4. The zero-order chi connectivity index (χ0) is 21.5. The molecule has 0 fully saturated rings. The molecule has 4 aromatic rings. The number of ether oxygens (including phenoxy) is 1. The minimum Gasteiger partial charge on any atom is -0.459 e. The van der Waals surface area contributed by atoms with Crippen molar-refractivity contribution in [1.82, 2.24) is 5.32 Å². The van der Waals surface area contributed by atoms with Gasteiger partial charge in [0, 0.05) is 17.8 Å². The molecular weight excluding hydrogens is 392 g/mol. The maximum absolute atomic E-state index is 12.5.